The van der Waals surface area contributed by atoms with E-state index in [1.165, 1.54) is 83.5 Å². The maximum absolute atomic E-state index is 11.2. The topological polar surface area (TPSA) is 77.4 Å². The zero-order valence-electron chi connectivity index (χ0n) is 19.7. The Kier molecular flexibility index (Phi) is 24.1. The SMILES string of the molecule is CCCCCCCCCCCCCCCCCCCC(O)(CCC)S(=O)(=O)[O-].[K+]. The van der Waals surface area contributed by atoms with Crippen LogP contribution in [0.5, 0.6) is 0 Å². The van der Waals surface area contributed by atoms with E-state index in [2.05, 4.69) is 6.92 Å². The minimum atomic E-state index is -4.64. The number of rotatable bonds is 21. The third-order valence-corrected chi connectivity index (χ3v) is 7.12. The van der Waals surface area contributed by atoms with Gasteiger partial charge < -0.3 is 9.66 Å². The second-order valence-electron chi connectivity index (χ2n) is 8.56. The molecule has 0 aromatic carbocycles. The van der Waals surface area contributed by atoms with Crippen molar-refractivity contribution in [3.63, 3.8) is 0 Å². The molecule has 0 bridgehead atoms. The molecule has 0 saturated carbocycles. The Morgan fingerprint density at radius 3 is 1.17 bits per heavy atom. The first kappa shape index (κ1) is 32.7. The Labute approximate surface area is 224 Å². The van der Waals surface area contributed by atoms with E-state index in [1.807, 2.05) is 0 Å². The zero-order chi connectivity index (χ0) is 21.1. The summed E-state index contributed by atoms with van der Waals surface area (Å²) in [4.78, 5) is -2.06. The molecule has 0 rings (SSSR count). The van der Waals surface area contributed by atoms with E-state index < -0.39 is 15.1 Å². The van der Waals surface area contributed by atoms with E-state index >= 15 is 0 Å². The summed E-state index contributed by atoms with van der Waals surface area (Å²) in [7, 11) is -4.64. The average molecular weight is 459 g/mol. The van der Waals surface area contributed by atoms with Crippen molar-refractivity contribution in [1.82, 2.24) is 0 Å². The summed E-state index contributed by atoms with van der Waals surface area (Å²) in [5.74, 6) is 0. The standard InChI is InChI=1S/C23H48O4S.K/c1-3-5-6-7-8-9-10-11-12-13-14-15-16-17-18-19-20-22-23(24,21-4-2)28(25,26)27;/h24H,3-22H2,1-2H3,(H,25,26,27);/q;+1/p-1. The van der Waals surface area contributed by atoms with Crippen molar-refractivity contribution in [1.29, 1.82) is 0 Å². The van der Waals surface area contributed by atoms with Gasteiger partial charge in [-0.25, -0.2) is 8.42 Å². The van der Waals surface area contributed by atoms with Gasteiger partial charge in [0.05, 0.1) is 0 Å². The van der Waals surface area contributed by atoms with Crippen molar-refractivity contribution in [3.05, 3.63) is 0 Å². The summed E-state index contributed by atoms with van der Waals surface area (Å²) in [6.45, 7) is 4.05. The molecule has 6 heteroatoms. The quantitative estimate of drug-likeness (QED) is 0.160. The molecular formula is C23H47KO4S. The van der Waals surface area contributed by atoms with E-state index in [1.54, 1.807) is 6.92 Å². The third kappa shape index (κ3) is 18.7. The maximum atomic E-state index is 11.2. The Morgan fingerprint density at radius 1 is 0.586 bits per heavy atom. The molecule has 29 heavy (non-hydrogen) atoms. The van der Waals surface area contributed by atoms with Crippen LogP contribution in [0.1, 0.15) is 142 Å². The molecule has 0 aliphatic rings. The Morgan fingerprint density at radius 2 is 0.897 bits per heavy atom. The van der Waals surface area contributed by atoms with Gasteiger partial charge in [-0.3, -0.25) is 0 Å². The van der Waals surface area contributed by atoms with Crippen LogP contribution in [0.15, 0.2) is 0 Å². The fourth-order valence-corrected chi connectivity index (χ4v) is 4.74. The first-order chi connectivity index (χ1) is 13.4. The summed E-state index contributed by atoms with van der Waals surface area (Å²) in [6.07, 6.45) is 22.0. The van der Waals surface area contributed by atoms with Crippen LogP contribution in [0, 0.1) is 0 Å². The molecule has 0 radical (unpaired) electrons. The van der Waals surface area contributed by atoms with Gasteiger partial charge in [0.1, 0.15) is 10.1 Å². The van der Waals surface area contributed by atoms with Crippen LogP contribution in [-0.2, 0) is 10.1 Å². The van der Waals surface area contributed by atoms with Crippen molar-refractivity contribution in [2.24, 2.45) is 0 Å². The Bertz CT molecular complexity index is 442. The van der Waals surface area contributed by atoms with Crippen molar-refractivity contribution < 1.29 is 69.5 Å². The predicted octanol–water partition coefficient (Wildman–Crippen LogP) is 4.07. The van der Waals surface area contributed by atoms with Crippen LogP contribution in [-0.4, -0.2) is 23.0 Å². The van der Waals surface area contributed by atoms with Crippen molar-refractivity contribution in [2.75, 3.05) is 0 Å². The smallest absolute Gasteiger partial charge is 0.746 e. The monoisotopic (exact) mass is 458 g/mol. The maximum Gasteiger partial charge on any atom is 1.00 e. The van der Waals surface area contributed by atoms with Gasteiger partial charge in [-0.15, -0.1) is 0 Å². The first-order valence-electron chi connectivity index (χ1n) is 12.0. The summed E-state index contributed by atoms with van der Waals surface area (Å²) in [5, 5.41) is 10.1. The molecule has 4 nitrogen and oxygen atoms in total. The van der Waals surface area contributed by atoms with Crippen LogP contribution in [0.4, 0.5) is 0 Å². The molecule has 0 aromatic rings. The average Bonchev–Trinajstić information content (AvgIpc) is 2.63. The van der Waals surface area contributed by atoms with Crippen LogP contribution < -0.4 is 51.4 Å². The van der Waals surface area contributed by atoms with Gasteiger partial charge in [-0.05, 0) is 19.3 Å². The third-order valence-electron chi connectivity index (χ3n) is 5.78. The second kappa shape index (κ2) is 21.4. The Balaban J connectivity index is 0. The molecule has 0 saturated heterocycles. The van der Waals surface area contributed by atoms with E-state index in [4.69, 9.17) is 0 Å². The second-order valence-corrected chi connectivity index (χ2v) is 10.2. The van der Waals surface area contributed by atoms with Crippen molar-refractivity contribution >= 4 is 10.1 Å². The van der Waals surface area contributed by atoms with Crippen LogP contribution in [0.25, 0.3) is 0 Å². The molecule has 1 N–H and O–H groups in total. The van der Waals surface area contributed by atoms with Crippen molar-refractivity contribution in [3.8, 4) is 0 Å². The van der Waals surface area contributed by atoms with E-state index in [0.29, 0.717) is 12.8 Å². The van der Waals surface area contributed by atoms with Crippen LogP contribution >= 0.6 is 0 Å². The van der Waals surface area contributed by atoms with E-state index in [0.717, 1.165) is 19.3 Å². The molecule has 0 aliphatic carbocycles. The molecule has 0 amide bonds. The van der Waals surface area contributed by atoms with Gasteiger partial charge in [0.15, 0.2) is 4.93 Å². The molecule has 0 aromatic heterocycles. The minimum absolute atomic E-state index is 0. The van der Waals surface area contributed by atoms with Gasteiger partial charge in [0.2, 0.25) is 0 Å². The van der Waals surface area contributed by atoms with Gasteiger partial charge in [-0.1, -0.05) is 123 Å². The predicted molar refractivity (Wildman–Crippen MR) is 118 cm³/mol. The number of hydrogen-bond acceptors (Lipinski definition) is 4. The summed E-state index contributed by atoms with van der Waals surface area (Å²) in [5.41, 5.74) is 0. The normalized spacial score (nSPS) is 13.8. The molecule has 0 heterocycles. The van der Waals surface area contributed by atoms with Gasteiger partial charge >= 0.3 is 51.4 Å². The fourth-order valence-electron chi connectivity index (χ4n) is 3.89. The zero-order valence-corrected chi connectivity index (χ0v) is 23.7. The van der Waals surface area contributed by atoms with Crippen LogP contribution in [0.3, 0.4) is 0 Å². The van der Waals surface area contributed by atoms with Gasteiger partial charge in [-0.2, -0.15) is 0 Å². The van der Waals surface area contributed by atoms with Gasteiger partial charge in [0.25, 0.3) is 0 Å². The molecule has 1 unspecified atom stereocenters. The van der Waals surface area contributed by atoms with E-state index in [9.17, 15) is 18.1 Å². The largest absolute Gasteiger partial charge is 1.00 e. The number of aliphatic hydroxyl groups is 1. The molecule has 0 spiro atoms. The first-order valence-corrected chi connectivity index (χ1v) is 13.5. The number of hydrogen-bond donors (Lipinski definition) is 1. The van der Waals surface area contributed by atoms with Crippen LogP contribution in [0.2, 0.25) is 0 Å². The molecular weight excluding hydrogens is 411 g/mol. The number of unbranched alkanes of at least 4 members (excludes halogenated alkanes) is 16. The molecule has 0 fully saturated rings. The molecule has 0 aliphatic heterocycles. The van der Waals surface area contributed by atoms with Crippen molar-refractivity contribution in [2.45, 2.75) is 147 Å². The molecule has 1 atom stereocenters. The fraction of sp³-hybridized carbons (Fsp3) is 1.00. The Hall–Kier alpha value is 1.51. The summed E-state index contributed by atoms with van der Waals surface area (Å²) >= 11 is 0. The summed E-state index contributed by atoms with van der Waals surface area (Å²) in [6, 6.07) is 0. The van der Waals surface area contributed by atoms with Gasteiger partial charge in [0, 0.05) is 0 Å². The summed E-state index contributed by atoms with van der Waals surface area (Å²) < 4.78 is 33.7. The van der Waals surface area contributed by atoms with E-state index in [-0.39, 0.29) is 64.2 Å². The molecule has 170 valence electrons. The minimum Gasteiger partial charge on any atom is -0.746 e.